The summed E-state index contributed by atoms with van der Waals surface area (Å²) in [5, 5.41) is 15.3. The maximum atomic E-state index is 12.7. The molecule has 0 bridgehead atoms. The van der Waals surface area contributed by atoms with Gasteiger partial charge >= 0.3 is 6.09 Å². The molecule has 2 N–H and O–H groups in total. The number of β-amino-alcohol motifs (C(OH)–C–C–N with tert-alkyl or cyclic N) is 1. The number of benzene rings is 2. The van der Waals surface area contributed by atoms with E-state index in [1.807, 2.05) is 81.5 Å². The van der Waals surface area contributed by atoms with Crippen LogP contribution < -0.4 is 5.32 Å². The maximum absolute atomic E-state index is 12.7. The molecule has 1 heterocycles. The molecule has 1 amide bonds. The van der Waals surface area contributed by atoms with E-state index in [4.69, 9.17) is 4.74 Å². The van der Waals surface area contributed by atoms with E-state index in [9.17, 15) is 9.90 Å². The van der Waals surface area contributed by atoms with Gasteiger partial charge in [-0.3, -0.25) is 0 Å². The minimum absolute atomic E-state index is 0.0657. The fourth-order valence-corrected chi connectivity index (χ4v) is 3.85. The number of hydrogen-bond donors (Lipinski definition) is 2. The molecule has 0 spiro atoms. The Kier molecular flexibility index (Phi) is 7.19. The van der Waals surface area contributed by atoms with Crippen molar-refractivity contribution in [2.24, 2.45) is 0 Å². The Bertz CT molecular complexity index is 877. The largest absolute Gasteiger partial charge is 0.444 e. The summed E-state index contributed by atoms with van der Waals surface area (Å²) in [5.41, 5.74) is 0.353. The first-order valence-electron chi connectivity index (χ1n) is 10.9. The van der Waals surface area contributed by atoms with Gasteiger partial charge in [-0.1, -0.05) is 66.7 Å². The van der Waals surface area contributed by atoms with Gasteiger partial charge in [0, 0.05) is 18.6 Å². The van der Waals surface area contributed by atoms with Crippen LogP contribution in [0.25, 0.3) is 6.08 Å². The lowest BCUT2D eigenvalue weighted by Crippen LogP contribution is -2.62. The molecule has 31 heavy (non-hydrogen) atoms. The average molecular weight is 423 g/mol. The lowest BCUT2D eigenvalue weighted by Gasteiger charge is -2.44. The summed E-state index contributed by atoms with van der Waals surface area (Å²) in [6.45, 7) is 8.34. The lowest BCUT2D eigenvalue weighted by atomic mass is 9.85. The number of carbonyl (C=O) groups excluding carboxylic acids is 1. The Labute approximate surface area is 185 Å². The molecule has 2 aromatic rings. The predicted octanol–water partition coefficient (Wildman–Crippen LogP) is 4.79. The summed E-state index contributed by atoms with van der Waals surface area (Å²) in [7, 11) is 0. The van der Waals surface area contributed by atoms with Crippen LogP contribution in [0.2, 0.25) is 0 Å². The van der Waals surface area contributed by atoms with E-state index >= 15 is 0 Å². The van der Waals surface area contributed by atoms with Crippen LogP contribution in [0.5, 0.6) is 0 Å². The molecule has 0 radical (unpaired) electrons. The molecule has 0 aromatic heterocycles. The number of rotatable bonds is 5. The third-order valence-corrected chi connectivity index (χ3v) is 5.50. The van der Waals surface area contributed by atoms with Crippen molar-refractivity contribution in [3.63, 3.8) is 0 Å². The minimum Gasteiger partial charge on any atom is -0.444 e. The van der Waals surface area contributed by atoms with Crippen molar-refractivity contribution < 1.29 is 14.6 Å². The fraction of sp³-hybridized carbons (Fsp3) is 0.423. The van der Waals surface area contributed by atoms with Crippen LogP contribution >= 0.6 is 0 Å². The Morgan fingerprint density at radius 1 is 1.16 bits per heavy atom. The van der Waals surface area contributed by atoms with Crippen LogP contribution in [0.3, 0.4) is 0 Å². The van der Waals surface area contributed by atoms with Gasteiger partial charge in [-0.25, -0.2) is 4.79 Å². The van der Waals surface area contributed by atoms with Crippen molar-refractivity contribution in [3.8, 4) is 0 Å². The molecule has 166 valence electrons. The number of amides is 1. The van der Waals surface area contributed by atoms with Crippen LogP contribution in [0.15, 0.2) is 66.7 Å². The highest BCUT2D eigenvalue weighted by molar-refractivity contribution is 5.68. The molecule has 5 heteroatoms. The monoisotopic (exact) mass is 422 g/mol. The van der Waals surface area contributed by atoms with Gasteiger partial charge in [-0.05, 0) is 51.3 Å². The fourth-order valence-electron chi connectivity index (χ4n) is 3.85. The summed E-state index contributed by atoms with van der Waals surface area (Å²) < 4.78 is 5.55. The third kappa shape index (κ3) is 6.42. The van der Waals surface area contributed by atoms with Gasteiger partial charge in [-0.2, -0.15) is 0 Å². The number of nitrogens with zero attached hydrogens (tertiary/aromatic N) is 1. The van der Waals surface area contributed by atoms with Crippen molar-refractivity contribution in [2.45, 2.75) is 57.4 Å². The zero-order chi connectivity index (χ0) is 22.5. The number of hydrogen-bond acceptors (Lipinski definition) is 4. The molecule has 5 nitrogen and oxygen atoms in total. The Morgan fingerprint density at radius 3 is 2.39 bits per heavy atom. The molecule has 0 unspecified atom stereocenters. The van der Waals surface area contributed by atoms with Gasteiger partial charge in [0.15, 0.2) is 0 Å². The Balaban J connectivity index is 1.81. The molecule has 1 fully saturated rings. The van der Waals surface area contributed by atoms with Crippen molar-refractivity contribution in [1.29, 1.82) is 0 Å². The van der Waals surface area contributed by atoms with E-state index in [1.54, 1.807) is 4.90 Å². The number of likely N-dealkylation sites (tertiary alicyclic amines) is 1. The zero-order valence-corrected chi connectivity index (χ0v) is 18.9. The minimum atomic E-state index is -1.23. The van der Waals surface area contributed by atoms with Crippen molar-refractivity contribution >= 4 is 12.2 Å². The van der Waals surface area contributed by atoms with E-state index in [0.29, 0.717) is 13.0 Å². The van der Waals surface area contributed by atoms with Crippen LogP contribution in [0, 0.1) is 0 Å². The number of carbonyl (C=O) groups is 1. The molecule has 1 aliphatic rings. The number of ether oxygens (including phenoxy) is 1. The summed E-state index contributed by atoms with van der Waals surface area (Å²) in [6.07, 6.45) is 3.95. The highest BCUT2D eigenvalue weighted by atomic mass is 16.6. The van der Waals surface area contributed by atoms with Crippen LogP contribution in [0.4, 0.5) is 4.79 Å². The van der Waals surface area contributed by atoms with Gasteiger partial charge in [0.2, 0.25) is 0 Å². The first-order valence-corrected chi connectivity index (χ1v) is 10.9. The van der Waals surface area contributed by atoms with E-state index in [1.165, 1.54) is 0 Å². The van der Waals surface area contributed by atoms with Crippen LogP contribution in [-0.4, -0.2) is 46.4 Å². The lowest BCUT2D eigenvalue weighted by molar-refractivity contribution is -0.0372. The van der Waals surface area contributed by atoms with E-state index in [2.05, 4.69) is 24.4 Å². The normalized spacial score (nSPS) is 23.0. The topological polar surface area (TPSA) is 61.8 Å². The van der Waals surface area contributed by atoms with Gasteiger partial charge in [0.05, 0.1) is 6.54 Å². The first-order chi connectivity index (χ1) is 14.7. The third-order valence-electron chi connectivity index (χ3n) is 5.50. The molecular formula is C26H34N2O3. The number of aliphatic hydroxyl groups is 1. The quantitative estimate of drug-likeness (QED) is 0.727. The smallest absolute Gasteiger partial charge is 0.410 e. The standard InChI is InChI=1S/C26H34N2O3/c1-20(22-13-9-6-10-14-22)27-23-16-18-28(24(29)31-25(2,3)4)19-26(23,30)17-15-21-11-7-5-8-12-21/h5-15,17,20,23,27,30H,16,18-19H2,1-4H3/b17-15+/t20-,23+,26+/m1/s1. The predicted molar refractivity (Wildman–Crippen MR) is 125 cm³/mol. The Hall–Kier alpha value is -2.63. The summed E-state index contributed by atoms with van der Waals surface area (Å²) in [6, 6.07) is 19.9. The second-order valence-corrected chi connectivity index (χ2v) is 9.28. The second kappa shape index (κ2) is 9.67. The molecule has 1 aliphatic heterocycles. The van der Waals surface area contributed by atoms with E-state index < -0.39 is 17.3 Å². The molecule has 3 atom stereocenters. The van der Waals surface area contributed by atoms with Gasteiger partial charge in [0.25, 0.3) is 0 Å². The maximum Gasteiger partial charge on any atom is 0.410 e. The molecule has 1 saturated heterocycles. The van der Waals surface area contributed by atoms with Crippen LogP contribution in [0.1, 0.15) is 51.3 Å². The molecular weight excluding hydrogens is 388 g/mol. The van der Waals surface area contributed by atoms with Gasteiger partial charge < -0.3 is 20.1 Å². The van der Waals surface area contributed by atoms with Crippen molar-refractivity contribution in [3.05, 3.63) is 77.9 Å². The average Bonchev–Trinajstić information content (AvgIpc) is 2.74. The number of nitrogens with one attached hydrogen (secondary N) is 1. The zero-order valence-electron chi connectivity index (χ0n) is 18.9. The molecule has 2 aromatic carbocycles. The highest BCUT2D eigenvalue weighted by Crippen LogP contribution is 2.28. The summed E-state index contributed by atoms with van der Waals surface area (Å²) >= 11 is 0. The van der Waals surface area contributed by atoms with E-state index in [0.717, 1.165) is 11.1 Å². The highest BCUT2D eigenvalue weighted by Gasteiger charge is 2.43. The first kappa shape index (κ1) is 23.0. The van der Waals surface area contributed by atoms with Gasteiger partial charge in [-0.15, -0.1) is 0 Å². The SMILES string of the molecule is C[C@@H](N[C@H]1CCN(C(=O)OC(C)(C)C)C[C@@]1(O)/C=C/c1ccccc1)c1ccccc1. The molecule has 3 rings (SSSR count). The molecule has 0 saturated carbocycles. The van der Waals surface area contributed by atoms with E-state index in [-0.39, 0.29) is 18.6 Å². The van der Waals surface area contributed by atoms with Crippen LogP contribution in [-0.2, 0) is 4.74 Å². The number of piperidine rings is 1. The Morgan fingerprint density at radius 2 is 1.77 bits per heavy atom. The second-order valence-electron chi connectivity index (χ2n) is 9.28. The molecule has 0 aliphatic carbocycles. The van der Waals surface area contributed by atoms with Crippen molar-refractivity contribution in [2.75, 3.05) is 13.1 Å². The van der Waals surface area contributed by atoms with Gasteiger partial charge in [0.1, 0.15) is 11.2 Å². The van der Waals surface area contributed by atoms with Crippen molar-refractivity contribution in [1.82, 2.24) is 10.2 Å². The summed E-state index contributed by atoms with van der Waals surface area (Å²) in [4.78, 5) is 14.3. The summed E-state index contributed by atoms with van der Waals surface area (Å²) in [5.74, 6) is 0.